The van der Waals surface area contributed by atoms with Gasteiger partial charge >= 0.3 is 0 Å². The topological polar surface area (TPSA) is 84.2 Å². The minimum Gasteiger partial charge on any atom is -0.355 e. The lowest BCUT2D eigenvalue weighted by Crippen LogP contribution is -2.19. The molecule has 0 aliphatic carbocycles. The van der Waals surface area contributed by atoms with Crippen LogP contribution < -0.4 is 16.4 Å². The van der Waals surface area contributed by atoms with Crippen LogP contribution in [0.3, 0.4) is 0 Å². The van der Waals surface area contributed by atoms with Crippen LogP contribution in [0.25, 0.3) is 0 Å². The molecule has 0 unspecified atom stereocenters. The highest BCUT2D eigenvalue weighted by Gasteiger charge is 2.10. The monoisotopic (exact) mass is 255 g/mol. The van der Waals surface area contributed by atoms with Crippen molar-refractivity contribution in [3.8, 4) is 0 Å². The zero-order valence-electron chi connectivity index (χ0n) is 9.42. The Morgan fingerprint density at radius 2 is 2.12 bits per heavy atom. The smallest absolute Gasteiger partial charge is 0.252 e. The number of anilines is 1. The van der Waals surface area contributed by atoms with E-state index >= 15 is 0 Å². The highest BCUT2D eigenvalue weighted by Crippen LogP contribution is 2.20. The third-order valence-corrected chi connectivity index (χ3v) is 2.42. The van der Waals surface area contributed by atoms with E-state index in [1.165, 1.54) is 13.1 Å². The van der Waals surface area contributed by atoms with Gasteiger partial charge in [0.25, 0.3) is 5.91 Å². The first-order valence-corrected chi connectivity index (χ1v) is 5.48. The summed E-state index contributed by atoms with van der Waals surface area (Å²) < 4.78 is 0. The van der Waals surface area contributed by atoms with Crippen molar-refractivity contribution in [3.05, 3.63) is 28.8 Å². The Kier molecular flexibility index (Phi) is 4.93. The largest absolute Gasteiger partial charge is 0.355 e. The Labute approximate surface area is 104 Å². The average Bonchev–Trinajstić information content (AvgIpc) is 2.31. The molecular weight excluding hydrogens is 242 g/mol. The van der Waals surface area contributed by atoms with Crippen LogP contribution in [0.2, 0.25) is 5.02 Å². The molecular formula is C11H14ClN3O2. The summed E-state index contributed by atoms with van der Waals surface area (Å²) in [7, 11) is 1.51. The molecule has 1 aromatic carbocycles. The molecule has 1 aromatic rings. The number of halogens is 1. The van der Waals surface area contributed by atoms with Crippen molar-refractivity contribution >= 4 is 29.1 Å². The molecule has 5 nitrogen and oxygen atoms in total. The summed E-state index contributed by atoms with van der Waals surface area (Å²) in [5.41, 5.74) is 6.10. The standard InChI is InChI=1S/C11H14ClN3O2/c1-14-11(17)8-6-7(2-3-9(8)12)15-10(16)4-5-13/h2-3,6H,4-5,13H2,1H3,(H,14,17)(H,15,16). The number of nitrogens with one attached hydrogen (secondary N) is 2. The SMILES string of the molecule is CNC(=O)c1cc(NC(=O)CCN)ccc1Cl. The summed E-state index contributed by atoms with van der Waals surface area (Å²) in [6.45, 7) is 0.279. The van der Waals surface area contributed by atoms with E-state index in [-0.39, 0.29) is 24.8 Å². The van der Waals surface area contributed by atoms with Crippen LogP contribution in [0.4, 0.5) is 5.69 Å². The summed E-state index contributed by atoms with van der Waals surface area (Å²) in [5.74, 6) is -0.498. The molecule has 0 radical (unpaired) electrons. The summed E-state index contributed by atoms with van der Waals surface area (Å²) in [6, 6.07) is 4.71. The first kappa shape index (κ1) is 13.5. The third-order valence-electron chi connectivity index (χ3n) is 2.09. The summed E-state index contributed by atoms with van der Waals surface area (Å²) in [4.78, 5) is 22.8. The summed E-state index contributed by atoms with van der Waals surface area (Å²) in [5, 5.41) is 5.44. The molecule has 17 heavy (non-hydrogen) atoms. The van der Waals surface area contributed by atoms with E-state index in [1.807, 2.05) is 0 Å². The van der Waals surface area contributed by atoms with Gasteiger partial charge in [-0.05, 0) is 18.2 Å². The van der Waals surface area contributed by atoms with E-state index in [1.54, 1.807) is 12.1 Å². The van der Waals surface area contributed by atoms with Gasteiger partial charge in [0, 0.05) is 25.7 Å². The Bertz CT molecular complexity index is 435. The number of nitrogens with two attached hydrogens (primary N) is 1. The molecule has 2 amide bonds. The van der Waals surface area contributed by atoms with E-state index in [4.69, 9.17) is 17.3 Å². The lowest BCUT2D eigenvalue weighted by atomic mass is 10.2. The Morgan fingerprint density at radius 1 is 1.41 bits per heavy atom. The highest BCUT2D eigenvalue weighted by atomic mass is 35.5. The number of amides is 2. The van der Waals surface area contributed by atoms with Crippen LogP contribution in [0.5, 0.6) is 0 Å². The van der Waals surface area contributed by atoms with Crippen LogP contribution in [-0.4, -0.2) is 25.4 Å². The molecule has 0 spiro atoms. The molecule has 92 valence electrons. The van der Waals surface area contributed by atoms with E-state index < -0.39 is 0 Å². The molecule has 4 N–H and O–H groups in total. The second kappa shape index (κ2) is 6.22. The van der Waals surface area contributed by atoms with Crippen molar-refractivity contribution in [2.45, 2.75) is 6.42 Å². The summed E-state index contributed by atoms with van der Waals surface area (Å²) >= 11 is 5.87. The maximum Gasteiger partial charge on any atom is 0.252 e. The van der Waals surface area contributed by atoms with Gasteiger partial charge in [0.2, 0.25) is 5.91 Å². The fraction of sp³-hybridized carbons (Fsp3) is 0.273. The maximum atomic E-state index is 11.5. The lowest BCUT2D eigenvalue weighted by molar-refractivity contribution is -0.116. The zero-order valence-corrected chi connectivity index (χ0v) is 10.2. The van der Waals surface area contributed by atoms with Crippen molar-refractivity contribution < 1.29 is 9.59 Å². The van der Waals surface area contributed by atoms with Crippen LogP contribution >= 0.6 is 11.6 Å². The molecule has 0 bridgehead atoms. The van der Waals surface area contributed by atoms with Crippen LogP contribution in [0, 0.1) is 0 Å². The average molecular weight is 256 g/mol. The highest BCUT2D eigenvalue weighted by molar-refractivity contribution is 6.34. The minimum atomic E-state index is -0.301. The van der Waals surface area contributed by atoms with Gasteiger partial charge in [0.15, 0.2) is 0 Å². The van der Waals surface area contributed by atoms with Gasteiger partial charge in [-0.2, -0.15) is 0 Å². The maximum absolute atomic E-state index is 11.5. The quantitative estimate of drug-likeness (QED) is 0.750. The Balaban J connectivity index is 2.89. The second-order valence-electron chi connectivity index (χ2n) is 3.36. The van der Waals surface area contributed by atoms with Crippen LogP contribution in [-0.2, 0) is 4.79 Å². The molecule has 0 aliphatic rings. The van der Waals surface area contributed by atoms with Gasteiger partial charge in [-0.15, -0.1) is 0 Å². The van der Waals surface area contributed by atoms with Crippen LogP contribution in [0.1, 0.15) is 16.8 Å². The van der Waals surface area contributed by atoms with Crippen molar-refractivity contribution in [1.29, 1.82) is 0 Å². The number of hydrogen-bond donors (Lipinski definition) is 3. The summed E-state index contributed by atoms with van der Waals surface area (Å²) in [6.07, 6.45) is 0.234. The number of carbonyl (C=O) groups is 2. The van der Waals surface area contributed by atoms with Crippen molar-refractivity contribution in [1.82, 2.24) is 5.32 Å². The van der Waals surface area contributed by atoms with E-state index in [0.717, 1.165) is 0 Å². The first-order chi connectivity index (χ1) is 8.08. The predicted octanol–water partition coefficient (Wildman–Crippen LogP) is 0.987. The van der Waals surface area contributed by atoms with Gasteiger partial charge in [0.05, 0.1) is 10.6 Å². The molecule has 0 saturated heterocycles. The molecule has 0 aliphatic heterocycles. The van der Waals surface area contributed by atoms with E-state index in [0.29, 0.717) is 16.3 Å². The normalized spacial score (nSPS) is 9.82. The molecule has 6 heteroatoms. The first-order valence-electron chi connectivity index (χ1n) is 5.10. The number of hydrogen-bond acceptors (Lipinski definition) is 3. The molecule has 1 rings (SSSR count). The molecule has 0 heterocycles. The van der Waals surface area contributed by atoms with Gasteiger partial charge in [-0.1, -0.05) is 11.6 Å². The van der Waals surface area contributed by atoms with Gasteiger partial charge in [-0.25, -0.2) is 0 Å². The van der Waals surface area contributed by atoms with Crippen molar-refractivity contribution in [2.75, 3.05) is 18.9 Å². The van der Waals surface area contributed by atoms with Crippen LogP contribution in [0.15, 0.2) is 18.2 Å². The number of rotatable bonds is 4. The molecule has 0 fully saturated rings. The molecule has 0 saturated carbocycles. The molecule has 0 atom stereocenters. The van der Waals surface area contributed by atoms with Crippen molar-refractivity contribution in [2.24, 2.45) is 5.73 Å². The van der Waals surface area contributed by atoms with E-state index in [2.05, 4.69) is 10.6 Å². The fourth-order valence-electron chi connectivity index (χ4n) is 1.27. The predicted molar refractivity (Wildman–Crippen MR) is 67.1 cm³/mol. The van der Waals surface area contributed by atoms with Gasteiger partial charge < -0.3 is 16.4 Å². The number of benzene rings is 1. The molecule has 0 aromatic heterocycles. The Morgan fingerprint density at radius 3 is 2.71 bits per heavy atom. The van der Waals surface area contributed by atoms with E-state index in [9.17, 15) is 9.59 Å². The van der Waals surface area contributed by atoms with Gasteiger partial charge in [0.1, 0.15) is 0 Å². The zero-order chi connectivity index (χ0) is 12.8. The lowest BCUT2D eigenvalue weighted by Gasteiger charge is -2.08. The second-order valence-corrected chi connectivity index (χ2v) is 3.77. The Hall–Kier alpha value is -1.59. The van der Waals surface area contributed by atoms with Crippen molar-refractivity contribution in [3.63, 3.8) is 0 Å². The minimum absolute atomic E-state index is 0.197. The fourth-order valence-corrected chi connectivity index (χ4v) is 1.47. The third kappa shape index (κ3) is 3.72. The van der Waals surface area contributed by atoms with Gasteiger partial charge in [-0.3, -0.25) is 9.59 Å². The number of carbonyl (C=O) groups excluding carboxylic acids is 2.